The summed E-state index contributed by atoms with van der Waals surface area (Å²) in [5.74, 6) is 2.01. The first-order chi connectivity index (χ1) is 11.0. The molecule has 0 spiro atoms. The number of aliphatic hydroxyl groups is 1. The van der Waals surface area contributed by atoms with Crippen LogP contribution in [0.2, 0.25) is 0 Å². The van der Waals surface area contributed by atoms with Gasteiger partial charge in [-0.3, -0.25) is 4.90 Å². The van der Waals surface area contributed by atoms with Crippen LogP contribution >= 0.6 is 0 Å². The maximum Gasteiger partial charge on any atom is 0.161 e. The summed E-state index contributed by atoms with van der Waals surface area (Å²) in [5, 5.41) is 10.2. The Morgan fingerprint density at radius 2 is 1.87 bits per heavy atom. The van der Waals surface area contributed by atoms with Gasteiger partial charge in [-0.2, -0.15) is 0 Å². The van der Waals surface area contributed by atoms with Gasteiger partial charge in [0.25, 0.3) is 0 Å². The van der Waals surface area contributed by atoms with Gasteiger partial charge in [0.1, 0.15) is 0 Å². The zero-order valence-electron chi connectivity index (χ0n) is 14.9. The summed E-state index contributed by atoms with van der Waals surface area (Å²) in [4.78, 5) is 2.29. The molecule has 130 valence electrons. The monoisotopic (exact) mass is 321 g/mol. The third-order valence-electron chi connectivity index (χ3n) is 3.65. The average Bonchev–Trinajstić information content (AvgIpc) is 2.52. The first kappa shape index (κ1) is 19.5. The summed E-state index contributed by atoms with van der Waals surface area (Å²) in [6, 6.07) is 5.98. The first-order valence-corrected chi connectivity index (χ1v) is 8.22. The minimum absolute atomic E-state index is 0.327. The van der Waals surface area contributed by atoms with Crippen molar-refractivity contribution in [1.82, 2.24) is 4.90 Å². The van der Waals surface area contributed by atoms with Gasteiger partial charge in [-0.05, 0) is 36.5 Å². The molecule has 0 aromatic heterocycles. The number of ether oxygens (including phenoxy) is 2. The summed E-state index contributed by atoms with van der Waals surface area (Å²) >= 11 is 0. The number of hydrogen-bond acceptors (Lipinski definition) is 4. The van der Waals surface area contributed by atoms with Crippen LogP contribution in [-0.2, 0) is 6.54 Å². The highest BCUT2D eigenvalue weighted by molar-refractivity contribution is 5.42. The van der Waals surface area contributed by atoms with E-state index in [1.165, 1.54) is 0 Å². The van der Waals surface area contributed by atoms with E-state index in [0.29, 0.717) is 12.5 Å². The van der Waals surface area contributed by atoms with Crippen molar-refractivity contribution in [3.05, 3.63) is 36.4 Å². The van der Waals surface area contributed by atoms with Gasteiger partial charge >= 0.3 is 0 Å². The number of rotatable bonds is 11. The smallest absolute Gasteiger partial charge is 0.161 e. The number of benzene rings is 1. The quantitative estimate of drug-likeness (QED) is 0.634. The molecule has 0 fully saturated rings. The lowest BCUT2D eigenvalue weighted by Crippen LogP contribution is -2.34. The normalized spacial score (nSPS) is 12.5. The van der Waals surface area contributed by atoms with Gasteiger partial charge in [0.15, 0.2) is 11.5 Å². The molecule has 1 aromatic carbocycles. The molecule has 1 N–H and O–H groups in total. The van der Waals surface area contributed by atoms with Crippen LogP contribution in [-0.4, -0.2) is 43.4 Å². The molecule has 0 bridgehead atoms. The van der Waals surface area contributed by atoms with Crippen molar-refractivity contribution in [2.45, 2.75) is 39.3 Å². The molecule has 1 atom stereocenters. The molecule has 0 radical (unpaired) electrons. The largest absolute Gasteiger partial charge is 0.493 e. The highest BCUT2D eigenvalue weighted by Crippen LogP contribution is 2.28. The predicted octanol–water partition coefficient (Wildman–Crippen LogP) is 3.49. The number of methoxy groups -OCH3 is 2. The summed E-state index contributed by atoms with van der Waals surface area (Å²) in [6.07, 6.45) is 3.12. The highest BCUT2D eigenvalue weighted by Gasteiger charge is 2.14. The van der Waals surface area contributed by atoms with Gasteiger partial charge in [-0.25, -0.2) is 0 Å². The van der Waals surface area contributed by atoms with Crippen molar-refractivity contribution in [1.29, 1.82) is 0 Å². The van der Waals surface area contributed by atoms with Crippen molar-refractivity contribution in [3.63, 3.8) is 0 Å². The Morgan fingerprint density at radius 3 is 2.43 bits per heavy atom. The van der Waals surface area contributed by atoms with E-state index in [4.69, 9.17) is 9.47 Å². The van der Waals surface area contributed by atoms with Crippen LogP contribution in [0.15, 0.2) is 30.9 Å². The van der Waals surface area contributed by atoms with E-state index in [1.54, 1.807) is 14.2 Å². The molecule has 0 aliphatic rings. The molecule has 0 heterocycles. The molecular weight excluding hydrogens is 290 g/mol. The molecule has 1 rings (SSSR count). The Balaban J connectivity index is 2.77. The molecule has 0 amide bonds. The topological polar surface area (TPSA) is 41.9 Å². The summed E-state index contributed by atoms with van der Waals surface area (Å²) in [7, 11) is 3.28. The zero-order chi connectivity index (χ0) is 17.2. The second kappa shape index (κ2) is 10.3. The third-order valence-corrected chi connectivity index (χ3v) is 3.65. The van der Waals surface area contributed by atoms with E-state index < -0.39 is 0 Å². The molecule has 0 unspecified atom stereocenters. The van der Waals surface area contributed by atoms with Crippen molar-refractivity contribution in [2.75, 3.05) is 27.3 Å². The van der Waals surface area contributed by atoms with Crippen molar-refractivity contribution < 1.29 is 14.6 Å². The maximum absolute atomic E-state index is 10.2. The predicted molar refractivity (Wildman–Crippen MR) is 95.1 cm³/mol. The van der Waals surface area contributed by atoms with E-state index in [9.17, 15) is 5.11 Å². The van der Waals surface area contributed by atoms with Crippen molar-refractivity contribution in [2.24, 2.45) is 5.92 Å². The lowest BCUT2D eigenvalue weighted by Gasteiger charge is -2.27. The fourth-order valence-corrected chi connectivity index (χ4v) is 2.66. The van der Waals surface area contributed by atoms with E-state index in [2.05, 4.69) is 25.3 Å². The summed E-state index contributed by atoms with van der Waals surface area (Å²) in [6.45, 7) is 10.5. The van der Waals surface area contributed by atoms with Crippen LogP contribution in [0, 0.1) is 5.92 Å². The Hall–Kier alpha value is -1.52. The van der Waals surface area contributed by atoms with Crippen LogP contribution in [0.5, 0.6) is 11.5 Å². The van der Waals surface area contributed by atoms with Gasteiger partial charge in [-0.15, -0.1) is 6.58 Å². The Kier molecular flexibility index (Phi) is 8.74. The lowest BCUT2D eigenvalue weighted by atomic mass is 10.1. The van der Waals surface area contributed by atoms with Gasteiger partial charge in [0.05, 0.1) is 20.3 Å². The minimum atomic E-state index is -0.327. The first-order valence-electron chi connectivity index (χ1n) is 8.22. The zero-order valence-corrected chi connectivity index (χ0v) is 14.9. The van der Waals surface area contributed by atoms with E-state index in [1.807, 2.05) is 24.3 Å². The van der Waals surface area contributed by atoms with Gasteiger partial charge in [0.2, 0.25) is 0 Å². The average molecular weight is 321 g/mol. The molecule has 1 aromatic rings. The Bertz CT molecular complexity index is 474. The third kappa shape index (κ3) is 7.06. The van der Waals surface area contributed by atoms with Crippen LogP contribution in [0.3, 0.4) is 0 Å². The van der Waals surface area contributed by atoms with Crippen molar-refractivity contribution in [3.8, 4) is 11.5 Å². The summed E-state index contributed by atoms with van der Waals surface area (Å²) < 4.78 is 10.7. The van der Waals surface area contributed by atoms with E-state index in [-0.39, 0.29) is 6.10 Å². The lowest BCUT2D eigenvalue weighted by molar-refractivity contribution is 0.0956. The second-order valence-electron chi connectivity index (χ2n) is 6.30. The molecule has 23 heavy (non-hydrogen) atoms. The molecule has 4 heteroatoms. The second-order valence-corrected chi connectivity index (χ2v) is 6.30. The van der Waals surface area contributed by atoms with E-state index >= 15 is 0 Å². The molecule has 0 aliphatic heterocycles. The highest BCUT2D eigenvalue weighted by atomic mass is 16.5. The van der Waals surface area contributed by atoms with Crippen molar-refractivity contribution >= 4 is 0 Å². The fraction of sp³-hybridized carbons (Fsp3) is 0.579. The van der Waals surface area contributed by atoms with Gasteiger partial charge < -0.3 is 14.6 Å². The van der Waals surface area contributed by atoms with Crippen LogP contribution in [0.1, 0.15) is 32.3 Å². The molecule has 0 saturated heterocycles. The minimum Gasteiger partial charge on any atom is -0.493 e. The standard InChI is InChI=1S/C19H31NO3/c1-6-7-8-17(21)14-20(12-15(2)3)13-16-9-10-18(22-4)19(11-16)23-5/h6,9-11,15,17,21H,1,7-8,12-14H2,2-5H3/t17-/m0/s1. The Morgan fingerprint density at radius 1 is 1.17 bits per heavy atom. The van der Waals surface area contributed by atoms with Gasteiger partial charge in [-0.1, -0.05) is 26.0 Å². The fourth-order valence-electron chi connectivity index (χ4n) is 2.66. The number of nitrogens with zero attached hydrogens (tertiary/aromatic N) is 1. The summed E-state index contributed by atoms with van der Waals surface area (Å²) in [5.41, 5.74) is 1.15. The molecule has 0 saturated carbocycles. The number of allylic oxidation sites excluding steroid dienone is 1. The molecule has 4 nitrogen and oxygen atoms in total. The molecular formula is C19H31NO3. The number of aliphatic hydroxyl groups excluding tert-OH is 1. The van der Waals surface area contributed by atoms with Gasteiger partial charge in [0, 0.05) is 19.6 Å². The van der Waals surface area contributed by atoms with Crippen LogP contribution in [0.25, 0.3) is 0 Å². The SMILES string of the molecule is C=CCC[C@H](O)CN(Cc1ccc(OC)c(OC)c1)CC(C)C. The Labute approximate surface area is 140 Å². The van der Waals surface area contributed by atoms with E-state index in [0.717, 1.165) is 43.0 Å². The van der Waals surface area contributed by atoms with Crippen LogP contribution in [0.4, 0.5) is 0 Å². The van der Waals surface area contributed by atoms with Crippen LogP contribution < -0.4 is 9.47 Å². The maximum atomic E-state index is 10.2. The number of hydrogen-bond donors (Lipinski definition) is 1. The molecule has 0 aliphatic carbocycles.